The van der Waals surface area contributed by atoms with Crippen molar-refractivity contribution in [3.8, 4) is 0 Å². The zero-order valence-electron chi connectivity index (χ0n) is 17.0. The second-order valence-electron chi connectivity index (χ2n) is 5.84. The SMILES string of the molecule is CC(C)=CCCC(C)CC=O.CCCC.CCOC(C)OCC. The zero-order chi connectivity index (χ0) is 18.5. The summed E-state index contributed by atoms with van der Waals surface area (Å²) in [6.45, 7) is 17.9. The first-order valence-corrected chi connectivity index (χ1v) is 9.19. The molecule has 1 unspecified atom stereocenters. The van der Waals surface area contributed by atoms with Crippen LogP contribution >= 0.6 is 0 Å². The Hall–Kier alpha value is -0.670. The topological polar surface area (TPSA) is 35.5 Å². The van der Waals surface area contributed by atoms with Crippen molar-refractivity contribution in [2.45, 2.75) is 93.8 Å². The lowest BCUT2D eigenvalue weighted by molar-refractivity contribution is -0.123. The van der Waals surface area contributed by atoms with E-state index in [0.717, 1.165) is 32.3 Å². The average Bonchev–Trinajstić information content (AvgIpc) is 2.48. The molecule has 3 heteroatoms. The first-order chi connectivity index (χ1) is 10.9. The maximum absolute atomic E-state index is 10.1. The van der Waals surface area contributed by atoms with Crippen LogP contribution in [-0.4, -0.2) is 25.8 Å². The molecule has 0 aromatic carbocycles. The summed E-state index contributed by atoms with van der Waals surface area (Å²) in [6, 6.07) is 0. The Balaban J connectivity index is -0.000000292. The van der Waals surface area contributed by atoms with E-state index in [2.05, 4.69) is 40.7 Å². The summed E-state index contributed by atoms with van der Waals surface area (Å²) in [5, 5.41) is 0. The molecule has 0 rings (SSSR count). The lowest BCUT2D eigenvalue weighted by atomic mass is 10.0. The van der Waals surface area contributed by atoms with E-state index in [-0.39, 0.29) is 6.29 Å². The molecule has 0 amide bonds. The molecule has 1 atom stereocenters. The fourth-order valence-electron chi connectivity index (χ4n) is 1.46. The van der Waals surface area contributed by atoms with Crippen molar-refractivity contribution in [2.75, 3.05) is 13.2 Å². The first-order valence-electron chi connectivity index (χ1n) is 9.19. The van der Waals surface area contributed by atoms with E-state index in [1.54, 1.807) is 0 Å². The number of allylic oxidation sites excluding steroid dienone is 2. The maximum atomic E-state index is 10.1. The number of hydrogen-bond acceptors (Lipinski definition) is 3. The van der Waals surface area contributed by atoms with Gasteiger partial charge in [-0.25, -0.2) is 0 Å². The summed E-state index contributed by atoms with van der Waals surface area (Å²) in [5.41, 5.74) is 1.36. The molecule has 140 valence electrons. The van der Waals surface area contributed by atoms with Crippen LogP contribution in [0.2, 0.25) is 0 Å². The quantitative estimate of drug-likeness (QED) is 0.273. The van der Waals surface area contributed by atoms with Crippen molar-refractivity contribution in [2.24, 2.45) is 5.92 Å². The van der Waals surface area contributed by atoms with E-state index in [0.29, 0.717) is 12.3 Å². The molecular formula is C20H42O3. The van der Waals surface area contributed by atoms with Crippen molar-refractivity contribution in [3.05, 3.63) is 11.6 Å². The van der Waals surface area contributed by atoms with Crippen molar-refractivity contribution in [1.82, 2.24) is 0 Å². The number of ether oxygens (including phenoxy) is 2. The minimum absolute atomic E-state index is 0.0370. The van der Waals surface area contributed by atoms with Gasteiger partial charge in [-0.05, 0) is 53.4 Å². The van der Waals surface area contributed by atoms with Crippen molar-refractivity contribution in [1.29, 1.82) is 0 Å². The fourth-order valence-corrected chi connectivity index (χ4v) is 1.46. The number of aldehydes is 1. The lowest BCUT2D eigenvalue weighted by Gasteiger charge is -2.09. The van der Waals surface area contributed by atoms with Crippen molar-refractivity contribution >= 4 is 6.29 Å². The van der Waals surface area contributed by atoms with E-state index in [9.17, 15) is 4.79 Å². The Morgan fingerprint density at radius 3 is 1.74 bits per heavy atom. The Morgan fingerprint density at radius 2 is 1.43 bits per heavy atom. The Morgan fingerprint density at radius 1 is 0.957 bits per heavy atom. The predicted molar refractivity (Wildman–Crippen MR) is 102 cm³/mol. The molecule has 0 aromatic heterocycles. The van der Waals surface area contributed by atoms with Gasteiger partial charge < -0.3 is 14.3 Å². The molecule has 0 radical (unpaired) electrons. The lowest BCUT2D eigenvalue weighted by Crippen LogP contribution is -2.11. The van der Waals surface area contributed by atoms with E-state index in [4.69, 9.17) is 9.47 Å². The molecule has 0 spiro atoms. The summed E-state index contributed by atoms with van der Waals surface area (Å²) >= 11 is 0. The van der Waals surface area contributed by atoms with Gasteiger partial charge in [0.1, 0.15) is 6.29 Å². The van der Waals surface area contributed by atoms with Gasteiger partial charge in [-0.3, -0.25) is 0 Å². The fraction of sp³-hybridized carbons (Fsp3) is 0.850. The minimum Gasteiger partial charge on any atom is -0.353 e. The smallest absolute Gasteiger partial charge is 0.154 e. The molecule has 3 nitrogen and oxygen atoms in total. The highest BCUT2D eigenvalue weighted by atomic mass is 16.7. The van der Waals surface area contributed by atoms with Gasteiger partial charge >= 0.3 is 0 Å². The molecule has 0 saturated carbocycles. The van der Waals surface area contributed by atoms with E-state index in [1.165, 1.54) is 18.4 Å². The van der Waals surface area contributed by atoms with Gasteiger partial charge in [0.15, 0.2) is 6.29 Å². The largest absolute Gasteiger partial charge is 0.353 e. The van der Waals surface area contributed by atoms with Crippen LogP contribution in [0.4, 0.5) is 0 Å². The van der Waals surface area contributed by atoms with E-state index < -0.39 is 0 Å². The highest BCUT2D eigenvalue weighted by Crippen LogP contribution is 2.09. The third-order valence-corrected chi connectivity index (χ3v) is 3.01. The second kappa shape index (κ2) is 23.6. The summed E-state index contributed by atoms with van der Waals surface area (Å²) in [4.78, 5) is 10.1. The van der Waals surface area contributed by atoms with Gasteiger partial charge in [0, 0.05) is 19.6 Å². The third-order valence-electron chi connectivity index (χ3n) is 3.01. The number of rotatable bonds is 10. The molecule has 0 aliphatic rings. The number of hydrogen-bond donors (Lipinski definition) is 0. The molecule has 0 heterocycles. The number of carbonyl (C=O) groups is 1. The third kappa shape index (κ3) is 33.9. The van der Waals surface area contributed by atoms with Gasteiger partial charge in [-0.1, -0.05) is 45.3 Å². The summed E-state index contributed by atoms with van der Waals surface area (Å²) < 4.78 is 10.1. The van der Waals surface area contributed by atoms with Crippen LogP contribution in [0.1, 0.15) is 87.5 Å². The Bertz CT molecular complexity index is 237. The van der Waals surface area contributed by atoms with E-state index >= 15 is 0 Å². The van der Waals surface area contributed by atoms with Crippen LogP contribution in [0.5, 0.6) is 0 Å². The maximum Gasteiger partial charge on any atom is 0.154 e. The molecule has 0 aromatic rings. The number of carbonyl (C=O) groups excluding carboxylic acids is 1. The number of unbranched alkanes of at least 4 members (excludes halogenated alkanes) is 1. The van der Waals surface area contributed by atoms with Gasteiger partial charge in [0.05, 0.1) is 0 Å². The summed E-state index contributed by atoms with van der Waals surface area (Å²) in [7, 11) is 0. The molecule has 0 N–H and O–H groups in total. The van der Waals surface area contributed by atoms with Crippen LogP contribution in [-0.2, 0) is 14.3 Å². The zero-order valence-corrected chi connectivity index (χ0v) is 17.0. The molecule has 0 aliphatic heterocycles. The van der Waals surface area contributed by atoms with Gasteiger partial charge in [0.2, 0.25) is 0 Å². The normalized spacial score (nSPS) is 10.8. The predicted octanol–water partition coefficient (Wildman–Crippen LogP) is 6.17. The van der Waals surface area contributed by atoms with Crippen molar-refractivity contribution < 1.29 is 14.3 Å². The molecule has 0 fully saturated rings. The second-order valence-corrected chi connectivity index (χ2v) is 5.84. The summed E-state index contributed by atoms with van der Waals surface area (Å²) in [6.07, 6.45) is 8.77. The highest BCUT2D eigenvalue weighted by molar-refractivity contribution is 5.49. The van der Waals surface area contributed by atoms with Crippen LogP contribution in [0.25, 0.3) is 0 Å². The van der Waals surface area contributed by atoms with Gasteiger partial charge in [-0.2, -0.15) is 0 Å². The molecule has 0 saturated heterocycles. The first kappa shape index (κ1) is 27.2. The average molecular weight is 331 g/mol. The Kier molecular flexibility index (Phi) is 27.9. The van der Waals surface area contributed by atoms with Crippen LogP contribution in [0.15, 0.2) is 11.6 Å². The standard InChI is InChI=1S/C10H18O.C6H14O2.C4H10/c1-9(2)5-4-6-10(3)7-8-11;1-4-7-6(3)8-5-2;1-3-4-2/h5,8,10H,4,6-7H2,1-3H3;6H,4-5H2,1-3H3;3-4H2,1-2H3. The van der Waals surface area contributed by atoms with Crippen LogP contribution in [0.3, 0.4) is 0 Å². The van der Waals surface area contributed by atoms with Crippen LogP contribution in [0, 0.1) is 5.92 Å². The molecule has 0 aliphatic carbocycles. The Labute approximate surface area is 145 Å². The molecule has 0 bridgehead atoms. The van der Waals surface area contributed by atoms with Crippen LogP contribution < -0.4 is 0 Å². The highest BCUT2D eigenvalue weighted by Gasteiger charge is 1.98. The molecule has 23 heavy (non-hydrogen) atoms. The van der Waals surface area contributed by atoms with Gasteiger partial charge in [0.25, 0.3) is 0 Å². The van der Waals surface area contributed by atoms with Gasteiger partial charge in [-0.15, -0.1) is 0 Å². The van der Waals surface area contributed by atoms with Crippen molar-refractivity contribution in [3.63, 3.8) is 0 Å². The molecular weight excluding hydrogens is 288 g/mol. The summed E-state index contributed by atoms with van der Waals surface area (Å²) in [5.74, 6) is 0.545. The minimum atomic E-state index is -0.0370. The van der Waals surface area contributed by atoms with E-state index in [1.807, 2.05) is 20.8 Å². The monoisotopic (exact) mass is 330 g/mol.